The summed E-state index contributed by atoms with van der Waals surface area (Å²) in [7, 11) is 0. The number of β-amino-alcohol motifs (C(OH)–C–C–N with tert-alkyl or cyclic N) is 1. The maximum Gasteiger partial charge on any atom is 0.253 e. The van der Waals surface area contributed by atoms with Crippen molar-refractivity contribution in [2.45, 2.75) is 31.4 Å². The molecule has 0 radical (unpaired) electrons. The van der Waals surface area contributed by atoms with E-state index in [1.165, 1.54) is 6.20 Å². The Morgan fingerprint density at radius 1 is 1.46 bits per heavy atom. The van der Waals surface area contributed by atoms with E-state index in [1.807, 2.05) is 0 Å². The second-order valence-corrected chi connectivity index (χ2v) is 6.16. The number of carbonyl (C=O) groups is 2. The lowest BCUT2D eigenvalue weighted by atomic mass is 10.0. The number of nitrogens with two attached hydrogens (primary N) is 1. The molecule has 2 aromatic heterocycles. The molecule has 10 heteroatoms. The van der Waals surface area contributed by atoms with Crippen LogP contribution in [0.1, 0.15) is 29.0 Å². The third-order valence-electron chi connectivity index (χ3n) is 4.30. The van der Waals surface area contributed by atoms with Gasteiger partial charge in [-0.05, 0) is 18.6 Å². The minimum atomic E-state index is -0.825. The molecule has 0 spiro atoms. The largest absolute Gasteiger partial charge is 0.389 e. The van der Waals surface area contributed by atoms with Crippen molar-refractivity contribution in [2.24, 2.45) is 0 Å². The molecular formula is C16H21N7O3. The summed E-state index contributed by atoms with van der Waals surface area (Å²) in [6.45, 7) is 0.641. The number of anilines is 1. The SMILES string of the molecule is Nc1n[nH]c(CCC(=O)N2CC[C@@H](NC(=O)c3cccnc3)[C@H](O)C2)n1. The lowest BCUT2D eigenvalue weighted by Gasteiger charge is -2.36. The Labute approximate surface area is 149 Å². The molecule has 2 amide bonds. The summed E-state index contributed by atoms with van der Waals surface area (Å²) in [6.07, 6.45) is 3.35. The normalized spacial score (nSPS) is 20.0. The van der Waals surface area contributed by atoms with Gasteiger partial charge in [-0.3, -0.25) is 19.7 Å². The first kappa shape index (κ1) is 17.8. The Bertz CT molecular complexity index is 764. The number of nitrogens with zero attached hydrogens (tertiary/aromatic N) is 4. The Hall–Kier alpha value is -3.01. The standard InChI is InChI=1S/C16H21N7O3/c17-16-20-13(21-22-16)3-4-14(25)23-7-5-11(12(24)9-23)19-15(26)10-2-1-6-18-8-10/h1-2,6,8,11-12,24H,3-5,7,9H2,(H,19,26)(H3,17,20,21,22)/t11-,12-/m1/s1. The average Bonchev–Trinajstić information content (AvgIpc) is 3.07. The number of aromatic amines is 1. The van der Waals surface area contributed by atoms with Crippen LogP contribution in [0.3, 0.4) is 0 Å². The molecule has 0 saturated carbocycles. The van der Waals surface area contributed by atoms with E-state index in [9.17, 15) is 14.7 Å². The predicted octanol–water partition coefficient (Wildman–Crippen LogP) is -0.894. The molecule has 0 unspecified atom stereocenters. The molecule has 1 aliphatic heterocycles. The third kappa shape index (κ3) is 4.33. The van der Waals surface area contributed by atoms with Crippen molar-refractivity contribution >= 4 is 17.8 Å². The third-order valence-corrected chi connectivity index (χ3v) is 4.30. The molecule has 0 aromatic carbocycles. The van der Waals surface area contributed by atoms with Crippen molar-refractivity contribution in [1.29, 1.82) is 0 Å². The van der Waals surface area contributed by atoms with Crippen LogP contribution in [0, 0.1) is 0 Å². The highest BCUT2D eigenvalue weighted by Crippen LogP contribution is 2.14. The summed E-state index contributed by atoms with van der Waals surface area (Å²) in [4.78, 5) is 33.9. The number of nitrogen functional groups attached to an aromatic ring is 1. The number of aliphatic hydroxyl groups is 1. The molecule has 2 aromatic rings. The molecule has 3 heterocycles. The number of amides is 2. The monoisotopic (exact) mass is 359 g/mol. The number of aryl methyl sites for hydroxylation is 1. The van der Waals surface area contributed by atoms with Crippen LogP contribution in [-0.4, -0.2) is 67.2 Å². The molecule has 0 aliphatic carbocycles. The Balaban J connectivity index is 1.48. The fourth-order valence-electron chi connectivity index (χ4n) is 2.88. The first-order valence-corrected chi connectivity index (χ1v) is 8.36. The fraction of sp³-hybridized carbons (Fsp3) is 0.438. The zero-order chi connectivity index (χ0) is 18.5. The number of carbonyl (C=O) groups excluding carboxylic acids is 2. The molecule has 5 N–H and O–H groups in total. The van der Waals surface area contributed by atoms with Gasteiger partial charge in [0.25, 0.3) is 5.91 Å². The topological polar surface area (TPSA) is 150 Å². The molecule has 26 heavy (non-hydrogen) atoms. The van der Waals surface area contributed by atoms with Gasteiger partial charge in [0.05, 0.1) is 17.7 Å². The summed E-state index contributed by atoms with van der Waals surface area (Å²) in [5.74, 6) is 0.323. The number of hydrogen-bond donors (Lipinski definition) is 4. The van der Waals surface area contributed by atoms with Gasteiger partial charge in [0.15, 0.2) is 0 Å². The van der Waals surface area contributed by atoms with Crippen LogP contribution < -0.4 is 11.1 Å². The molecule has 1 saturated heterocycles. The number of likely N-dealkylation sites (tertiary alicyclic amines) is 1. The van der Waals surface area contributed by atoms with Gasteiger partial charge in [0.1, 0.15) is 5.82 Å². The second kappa shape index (κ2) is 7.91. The van der Waals surface area contributed by atoms with Gasteiger partial charge in [-0.1, -0.05) is 0 Å². The number of pyridine rings is 1. The van der Waals surface area contributed by atoms with E-state index >= 15 is 0 Å². The van der Waals surface area contributed by atoms with Gasteiger partial charge in [-0.15, -0.1) is 5.10 Å². The van der Waals surface area contributed by atoms with Crippen LogP contribution in [0.2, 0.25) is 0 Å². The first-order valence-electron chi connectivity index (χ1n) is 8.36. The van der Waals surface area contributed by atoms with Gasteiger partial charge >= 0.3 is 0 Å². The number of rotatable bonds is 5. The highest BCUT2D eigenvalue weighted by molar-refractivity contribution is 5.94. The summed E-state index contributed by atoms with van der Waals surface area (Å²) in [5.41, 5.74) is 5.86. The van der Waals surface area contributed by atoms with E-state index in [0.29, 0.717) is 30.8 Å². The van der Waals surface area contributed by atoms with E-state index in [1.54, 1.807) is 23.2 Å². The number of nitrogens with one attached hydrogen (secondary N) is 2. The quantitative estimate of drug-likeness (QED) is 0.540. The second-order valence-electron chi connectivity index (χ2n) is 6.16. The van der Waals surface area contributed by atoms with Crippen LogP contribution in [0.5, 0.6) is 0 Å². The fourth-order valence-corrected chi connectivity index (χ4v) is 2.88. The van der Waals surface area contributed by atoms with Crippen molar-refractivity contribution in [3.05, 3.63) is 35.9 Å². The molecule has 1 aliphatic rings. The minimum Gasteiger partial charge on any atom is -0.389 e. The van der Waals surface area contributed by atoms with Crippen LogP contribution in [0.4, 0.5) is 5.95 Å². The van der Waals surface area contributed by atoms with Crippen molar-refractivity contribution < 1.29 is 14.7 Å². The number of aliphatic hydroxyl groups excluding tert-OH is 1. The molecule has 1 fully saturated rings. The zero-order valence-electron chi connectivity index (χ0n) is 14.1. The smallest absolute Gasteiger partial charge is 0.253 e. The van der Waals surface area contributed by atoms with Crippen LogP contribution in [-0.2, 0) is 11.2 Å². The van der Waals surface area contributed by atoms with E-state index in [2.05, 4.69) is 25.5 Å². The van der Waals surface area contributed by atoms with Gasteiger partial charge in [0, 0.05) is 38.3 Å². The van der Waals surface area contributed by atoms with Gasteiger partial charge in [-0.25, -0.2) is 0 Å². The molecule has 0 bridgehead atoms. The highest BCUT2D eigenvalue weighted by atomic mass is 16.3. The molecule has 2 atom stereocenters. The summed E-state index contributed by atoms with van der Waals surface area (Å²) < 4.78 is 0. The van der Waals surface area contributed by atoms with E-state index in [4.69, 9.17) is 5.73 Å². The lowest BCUT2D eigenvalue weighted by Crippen LogP contribution is -2.55. The maximum atomic E-state index is 12.3. The number of piperidine rings is 1. The van der Waals surface area contributed by atoms with Crippen molar-refractivity contribution in [3.63, 3.8) is 0 Å². The van der Waals surface area contributed by atoms with Crippen molar-refractivity contribution in [1.82, 2.24) is 30.4 Å². The Morgan fingerprint density at radius 2 is 2.31 bits per heavy atom. The minimum absolute atomic E-state index is 0.0870. The average molecular weight is 359 g/mol. The summed E-state index contributed by atoms with van der Waals surface area (Å²) >= 11 is 0. The van der Waals surface area contributed by atoms with Crippen molar-refractivity contribution in [2.75, 3.05) is 18.8 Å². The first-order chi connectivity index (χ1) is 12.5. The van der Waals surface area contributed by atoms with E-state index < -0.39 is 12.1 Å². The summed E-state index contributed by atoms with van der Waals surface area (Å²) in [6, 6.07) is 2.93. The van der Waals surface area contributed by atoms with Crippen LogP contribution in [0.25, 0.3) is 0 Å². The predicted molar refractivity (Wildman–Crippen MR) is 91.8 cm³/mol. The van der Waals surface area contributed by atoms with E-state index in [0.717, 1.165) is 0 Å². The van der Waals surface area contributed by atoms with Crippen molar-refractivity contribution in [3.8, 4) is 0 Å². The van der Waals surface area contributed by atoms with Gasteiger partial charge < -0.3 is 21.1 Å². The van der Waals surface area contributed by atoms with E-state index in [-0.39, 0.29) is 30.7 Å². The number of aromatic nitrogens is 4. The maximum absolute atomic E-state index is 12.3. The Morgan fingerprint density at radius 3 is 2.96 bits per heavy atom. The van der Waals surface area contributed by atoms with Crippen LogP contribution in [0.15, 0.2) is 24.5 Å². The van der Waals surface area contributed by atoms with Crippen LogP contribution >= 0.6 is 0 Å². The van der Waals surface area contributed by atoms with Gasteiger partial charge in [0.2, 0.25) is 11.9 Å². The lowest BCUT2D eigenvalue weighted by molar-refractivity contribution is -0.134. The number of H-pyrrole nitrogens is 1. The molecule has 3 rings (SSSR count). The Kier molecular flexibility index (Phi) is 5.42. The molecule has 138 valence electrons. The van der Waals surface area contributed by atoms with Gasteiger partial charge in [-0.2, -0.15) is 4.98 Å². The molecule has 10 nitrogen and oxygen atoms in total. The highest BCUT2D eigenvalue weighted by Gasteiger charge is 2.31. The zero-order valence-corrected chi connectivity index (χ0v) is 14.1. The molecular weight excluding hydrogens is 338 g/mol. The summed E-state index contributed by atoms with van der Waals surface area (Å²) in [5, 5.41) is 19.5. The number of hydrogen-bond acceptors (Lipinski definition) is 7.